The highest BCUT2D eigenvalue weighted by Gasteiger charge is 2.35. The van der Waals surface area contributed by atoms with Gasteiger partial charge in [-0.3, -0.25) is 4.79 Å². The minimum Gasteiger partial charge on any atom is -0.350 e. The number of piperidine rings is 1. The molecule has 0 bridgehead atoms. The molecule has 3 heterocycles. The number of aromatic nitrogens is 2. The van der Waals surface area contributed by atoms with Crippen LogP contribution in [-0.4, -0.2) is 35.2 Å². The third kappa shape index (κ3) is 2.59. The first-order chi connectivity index (χ1) is 9.65. The van der Waals surface area contributed by atoms with Crippen molar-refractivity contribution >= 4 is 5.82 Å². The van der Waals surface area contributed by atoms with Crippen molar-refractivity contribution in [1.82, 2.24) is 14.9 Å². The first-order valence-corrected chi connectivity index (χ1v) is 7.69. The van der Waals surface area contributed by atoms with E-state index in [-0.39, 0.29) is 5.56 Å². The van der Waals surface area contributed by atoms with E-state index >= 15 is 0 Å². The van der Waals surface area contributed by atoms with Gasteiger partial charge in [0.1, 0.15) is 0 Å². The molecule has 2 aliphatic heterocycles. The highest BCUT2D eigenvalue weighted by atomic mass is 16.1. The maximum Gasteiger partial charge on any atom is 0.293 e. The van der Waals surface area contributed by atoms with Crippen LogP contribution in [0.3, 0.4) is 0 Å². The van der Waals surface area contributed by atoms with E-state index in [2.05, 4.69) is 29.0 Å². The second kappa shape index (κ2) is 5.56. The van der Waals surface area contributed by atoms with E-state index in [4.69, 9.17) is 0 Å². The summed E-state index contributed by atoms with van der Waals surface area (Å²) in [5.74, 6) is 1.76. The van der Waals surface area contributed by atoms with Crippen LogP contribution < -0.4 is 15.8 Å². The van der Waals surface area contributed by atoms with Gasteiger partial charge in [0, 0.05) is 38.1 Å². The first kappa shape index (κ1) is 13.6. The molecule has 5 heteroatoms. The molecule has 110 valence electrons. The van der Waals surface area contributed by atoms with Crippen LogP contribution in [0.15, 0.2) is 17.2 Å². The molecule has 1 aromatic rings. The quantitative estimate of drug-likeness (QED) is 0.898. The molecule has 2 fully saturated rings. The van der Waals surface area contributed by atoms with Gasteiger partial charge < -0.3 is 14.8 Å². The van der Waals surface area contributed by atoms with Gasteiger partial charge in [0.2, 0.25) is 0 Å². The molecule has 1 aromatic heterocycles. The number of hydrogen-bond acceptors (Lipinski definition) is 4. The van der Waals surface area contributed by atoms with E-state index in [1.165, 1.54) is 12.8 Å². The van der Waals surface area contributed by atoms with Gasteiger partial charge in [-0.15, -0.1) is 0 Å². The SMILES string of the molecule is CC(C)Cn1ccnc(N2CC3CCCNC3C2)c1=O. The minimum atomic E-state index is 0.0554. The minimum absolute atomic E-state index is 0.0554. The second-order valence-corrected chi connectivity index (χ2v) is 6.47. The van der Waals surface area contributed by atoms with E-state index in [1.54, 1.807) is 17.0 Å². The van der Waals surface area contributed by atoms with Gasteiger partial charge in [-0.05, 0) is 31.2 Å². The zero-order valence-corrected chi connectivity index (χ0v) is 12.4. The number of rotatable bonds is 3. The Morgan fingerprint density at radius 2 is 2.30 bits per heavy atom. The number of hydrogen-bond donors (Lipinski definition) is 1. The Morgan fingerprint density at radius 3 is 3.05 bits per heavy atom. The normalized spacial score (nSPS) is 26.1. The van der Waals surface area contributed by atoms with Crippen molar-refractivity contribution in [3.63, 3.8) is 0 Å². The molecule has 0 amide bonds. The number of nitrogens with one attached hydrogen (secondary N) is 1. The van der Waals surface area contributed by atoms with Gasteiger partial charge in [0.05, 0.1) is 0 Å². The Kier molecular flexibility index (Phi) is 3.78. The summed E-state index contributed by atoms with van der Waals surface area (Å²) in [5, 5.41) is 3.57. The summed E-state index contributed by atoms with van der Waals surface area (Å²) < 4.78 is 1.79. The zero-order valence-electron chi connectivity index (χ0n) is 12.4. The van der Waals surface area contributed by atoms with Crippen molar-refractivity contribution in [2.45, 2.75) is 39.3 Å². The summed E-state index contributed by atoms with van der Waals surface area (Å²) in [4.78, 5) is 19.1. The molecule has 2 unspecified atom stereocenters. The van der Waals surface area contributed by atoms with Crippen LogP contribution in [0.4, 0.5) is 5.82 Å². The molecule has 2 aliphatic rings. The lowest BCUT2D eigenvalue weighted by molar-refractivity contribution is 0.340. The smallest absolute Gasteiger partial charge is 0.293 e. The van der Waals surface area contributed by atoms with Crippen molar-refractivity contribution in [1.29, 1.82) is 0 Å². The summed E-state index contributed by atoms with van der Waals surface area (Å²) in [7, 11) is 0. The molecule has 0 saturated carbocycles. The van der Waals surface area contributed by atoms with Crippen LogP contribution in [0, 0.1) is 11.8 Å². The van der Waals surface area contributed by atoms with Crippen LogP contribution in [0.1, 0.15) is 26.7 Å². The molecule has 0 aliphatic carbocycles. The lowest BCUT2D eigenvalue weighted by Gasteiger charge is -2.24. The maximum absolute atomic E-state index is 12.5. The molecule has 5 nitrogen and oxygen atoms in total. The molecular formula is C15H24N4O. The van der Waals surface area contributed by atoms with Crippen molar-refractivity contribution in [3.8, 4) is 0 Å². The zero-order chi connectivity index (χ0) is 14.1. The second-order valence-electron chi connectivity index (χ2n) is 6.47. The average Bonchev–Trinajstić information content (AvgIpc) is 2.84. The largest absolute Gasteiger partial charge is 0.350 e. The third-order valence-electron chi connectivity index (χ3n) is 4.36. The van der Waals surface area contributed by atoms with Crippen LogP contribution in [-0.2, 0) is 6.54 Å². The van der Waals surface area contributed by atoms with Gasteiger partial charge in [0.25, 0.3) is 5.56 Å². The molecule has 3 rings (SSSR count). The number of fused-ring (bicyclic) bond motifs is 1. The van der Waals surface area contributed by atoms with Crippen LogP contribution >= 0.6 is 0 Å². The Morgan fingerprint density at radius 1 is 1.45 bits per heavy atom. The fourth-order valence-corrected chi connectivity index (χ4v) is 3.41. The van der Waals surface area contributed by atoms with Crippen LogP contribution in [0.5, 0.6) is 0 Å². The Hall–Kier alpha value is -1.36. The van der Waals surface area contributed by atoms with Crippen molar-refractivity contribution in [2.75, 3.05) is 24.5 Å². The van der Waals surface area contributed by atoms with E-state index in [0.29, 0.717) is 23.7 Å². The van der Waals surface area contributed by atoms with Gasteiger partial charge in [0.15, 0.2) is 5.82 Å². The van der Waals surface area contributed by atoms with Gasteiger partial charge in [-0.2, -0.15) is 0 Å². The Balaban J connectivity index is 1.82. The van der Waals surface area contributed by atoms with E-state index < -0.39 is 0 Å². The molecule has 0 aromatic carbocycles. The van der Waals surface area contributed by atoms with Crippen molar-refractivity contribution in [3.05, 3.63) is 22.7 Å². The topological polar surface area (TPSA) is 50.2 Å². The van der Waals surface area contributed by atoms with Crippen LogP contribution in [0.2, 0.25) is 0 Å². The maximum atomic E-state index is 12.5. The summed E-state index contributed by atoms with van der Waals surface area (Å²) >= 11 is 0. The lowest BCUT2D eigenvalue weighted by atomic mass is 9.94. The Labute approximate surface area is 120 Å². The van der Waals surface area contributed by atoms with Crippen molar-refractivity contribution < 1.29 is 0 Å². The molecule has 0 radical (unpaired) electrons. The molecule has 1 N–H and O–H groups in total. The van der Waals surface area contributed by atoms with Gasteiger partial charge in [-0.25, -0.2) is 4.98 Å². The average molecular weight is 276 g/mol. The standard InChI is InChI=1S/C15H24N4O/c1-11(2)8-18-7-6-17-14(15(18)20)19-9-12-4-3-5-16-13(12)10-19/h6-7,11-13,16H,3-5,8-10H2,1-2H3. The fourth-order valence-electron chi connectivity index (χ4n) is 3.41. The molecule has 0 spiro atoms. The first-order valence-electron chi connectivity index (χ1n) is 7.69. The lowest BCUT2D eigenvalue weighted by Crippen LogP contribution is -2.41. The monoisotopic (exact) mass is 276 g/mol. The molecule has 20 heavy (non-hydrogen) atoms. The fraction of sp³-hybridized carbons (Fsp3) is 0.733. The van der Waals surface area contributed by atoms with Gasteiger partial charge >= 0.3 is 0 Å². The molecular weight excluding hydrogens is 252 g/mol. The van der Waals surface area contributed by atoms with E-state index in [9.17, 15) is 4.79 Å². The number of nitrogens with zero attached hydrogens (tertiary/aromatic N) is 3. The summed E-state index contributed by atoms with van der Waals surface area (Å²) in [5.41, 5.74) is 0.0554. The van der Waals surface area contributed by atoms with E-state index in [1.807, 2.05) is 0 Å². The highest BCUT2D eigenvalue weighted by molar-refractivity contribution is 5.38. The molecule has 2 atom stereocenters. The highest BCUT2D eigenvalue weighted by Crippen LogP contribution is 2.26. The van der Waals surface area contributed by atoms with Gasteiger partial charge in [-0.1, -0.05) is 13.8 Å². The summed E-state index contributed by atoms with van der Waals surface area (Å²) in [6, 6.07) is 0.531. The van der Waals surface area contributed by atoms with E-state index in [0.717, 1.165) is 26.2 Å². The Bertz CT molecular complexity index is 511. The molecule has 2 saturated heterocycles. The van der Waals surface area contributed by atoms with Crippen LogP contribution in [0.25, 0.3) is 0 Å². The predicted molar refractivity (Wildman–Crippen MR) is 80.1 cm³/mol. The third-order valence-corrected chi connectivity index (χ3v) is 4.36. The summed E-state index contributed by atoms with van der Waals surface area (Å²) in [6.45, 7) is 7.99. The number of anilines is 1. The predicted octanol–water partition coefficient (Wildman–Crippen LogP) is 1.09. The summed E-state index contributed by atoms with van der Waals surface area (Å²) in [6.07, 6.45) is 6.07. The van der Waals surface area contributed by atoms with Crippen molar-refractivity contribution in [2.24, 2.45) is 11.8 Å².